The number of methoxy groups -OCH3 is 1. The van der Waals surface area contributed by atoms with Crippen molar-refractivity contribution in [2.45, 2.75) is 56.4 Å². The molecule has 2 atom stereocenters. The van der Waals surface area contributed by atoms with E-state index in [0.29, 0.717) is 12.3 Å². The molecule has 0 spiro atoms. The Morgan fingerprint density at radius 2 is 1.95 bits per heavy atom. The molecule has 3 nitrogen and oxygen atoms in total. The summed E-state index contributed by atoms with van der Waals surface area (Å²) in [5, 5.41) is 3.76. The van der Waals surface area contributed by atoms with Crippen LogP contribution in [0.5, 0.6) is 0 Å². The Morgan fingerprint density at radius 3 is 2.64 bits per heavy atom. The first kappa shape index (κ1) is 15.5. The number of carbonyl (C=O) groups is 1. The molecule has 0 heterocycles. The van der Waals surface area contributed by atoms with Gasteiger partial charge in [-0.3, -0.25) is 4.79 Å². The lowest BCUT2D eigenvalue weighted by Gasteiger charge is -2.37. The van der Waals surface area contributed by atoms with E-state index in [1.165, 1.54) is 38.4 Å². The summed E-state index contributed by atoms with van der Waals surface area (Å²) in [6.07, 6.45) is 7.72. The Bertz CT molecular complexity index is 493. The summed E-state index contributed by atoms with van der Waals surface area (Å²) in [5.41, 5.74) is 1.44. The standard InChI is InChI=1S/C19H27NO2/c1-22-18(21)13-19(10-6-3-7-11-19)20-14-16-12-17(16)15-8-4-2-5-9-15/h2,4-5,8-9,16-17,20H,3,6-7,10-14H2,1H3/t16-,17-/m0/s1. The molecule has 0 aliphatic heterocycles. The third kappa shape index (κ3) is 3.70. The molecule has 3 heteroatoms. The Balaban J connectivity index is 1.55. The number of ether oxygens (including phenoxy) is 1. The van der Waals surface area contributed by atoms with Crippen LogP contribution in [0, 0.1) is 5.92 Å². The molecule has 0 saturated heterocycles. The molecule has 0 amide bonds. The maximum atomic E-state index is 11.8. The minimum Gasteiger partial charge on any atom is -0.469 e. The summed E-state index contributed by atoms with van der Waals surface area (Å²) in [5.74, 6) is 1.34. The van der Waals surface area contributed by atoms with Gasteiger partial charge in [-0.15, -0.1) is 0 Å². The van der Waals surface area contributed by atoms with Gasteiger partial charge in [-0.25, -0.2) is 0 Å². The van der Waals surface area contributed by atoms with Crippen LogP contribution in [-0.4, -0.2) is 25.2 Å². The Hall–Kier alpha value is -1.35. The van der Waals surface area contributed by atoms with Crippen molar-refractivity contribution in [2.24, 2.45) is 5.92 Å². The average molecular weight is 301 g/mol. The van der Waals surface area contributed by atoms with Gasteiger partial charge in [0.15, 0.2) is 0 Å². The second kappa shape index (κ2) is 6.82. The van der Waals surface area contributed by atoms with Crippen LogP contribution >= 0.6 is 0 Å². The van der Waals surface area contributed by atoms with E-state index in [2.05, 4.69) is 35.6 Å². The first-order chi connectivity index (χ1) is 10.7. The predicted molar refractivity (Wildman–Crippen MR) is 87.7 cm³/mol. The van der Waals surface area contributed by atoms with Crippen LogP contribution in [-0.2, 0) is 9.53 Å². The maximum absolute atomic E-state index is 11.8. The zero-order valence-electron chi connectivity index (χ0n) is 13.5. The van der Waals surface area contributed by atoms with Gasteiger partial charge in [-0.1, -0.05) is 49.6 Å². The lowest BCUT2D eigenvalue weighted by Crippen LogP contribution is -2.49. The fourth-order valence-corrected chi connectivity index (χ4v) is 3.92. The second-order valence-electron chi connectivity index (χ2n) is 6.99. The molecule has 1 aromatic rings. The largest absolute Gasteiger partial charge is 0.469 e. The van der Waals surface area contributed by atoms with Crippen LogP contribution in [0.2, 0.25) is 0 Å². The third-order valence-corrected chi connectivity index (χ3v) is 5.41. The van der Waals surface area contributed by atoms with Gasteiger partial charge in [0.1, 0.15) is 0 Å². The highest BCUT2D eigenvalue weighted by atomic mass is 16.5. The van der Waals surface area contributed by atoms with Crippen molar-refractivity contribution in [2.75, 3.05) is 13.7 Å². The normalized spacial score (nSPS) is 26.4. The summed E-state index contributed by atoms with van der Waals surface area (Å²) >= 11 is 0. The lowest BCUT2D eigenvalue weighted by molar-refractivity contribution is -0.142. The molecular weight excluding hydrogens is 274 g/mol. The van der Waals surface area contributed by atoms with Crippen LogP contribution in [0.3, 0.4) is 0 Å². The van der Waals surface area contributed by atoms with Crippen molar-refractivity contribution < 1.29 is 9.53 Å². The number of hydrogen-bond donors (Lipinski definition) is 1. The number of nitrogens with one attached hydrogen (secondary N) is 1. The van der Waals surface area contributed by atoms with E-state index < -0.39 is 0 Å². The monoisotopic (exact) mass is 301 g/mol. The molecule has 2 aliphatic rings. The maximum Gasteiger partial charge on any atom is 0.307 e. The molecule has 22 heavy (non-hydrogen) atoms. The average Bonchev–Trinajstić information content (AvgIpc) is 3.34. The molecule has 120 valence electrons. The van der Waals surface area contributed by atoms with Gasteiger partial charge in [-0.05, 0) is 43.2 Å². The molecule has 0 radical (unpaired) electrons. The lowest BCUT2D eigenvalue weighted by atomic mass is 9.79. The molecule has 2 saturated carbocycles. The van der Waals surface area contributed by atoms with Crippen LogP contribution in [0.1, 0.15) is 56.4 Å². The first-order valence-electron chi connectivity index (χ1n) is 8.59. The predicted octanol–water partition coefficient (Wildman–Crippen LogP) is 3.65. The molecule has 0 unspecified atom stereocenters. The van der Waals surface area contributed by atoms with Gasteiger partial charge in [-0.2, -0.15) is 0 Å². The number of esters is 1. The molecule has 1 N–H and O–H groups in total. The van der Waals surface area contributed by atoms with E-state index in [4.69, 9.17) is 4.74 Å². The van der Waals surface area contributed by atoms with Crippen LogP contribution in [0.4, 0.5) is 0 Å². The number of carbonyl (C=O) groups excluding carboxylic acids is 1. The van der Waals surface area contributed by atoms with E-state index in [-0.39, 0.29) is 11.5 Å². The number of rotatable bonds is 6. The van der Waals surface area contributed by atoms with Crippen molar-refractivity contribution in [3.63, 3.8) is 0 Å². The second-order valence-corrected chi connectivity index (χ2v) is 6.99. The van der Waals surface area contributed by atoms with E-state index in [9.17, 15) is 4.79 Å². The van der Waals surface area contributed by atoms with E-state index in [1.807, 2.05) is 0 Å². The van der Waals surface area contributed by atoms with E-state index in [0.717, 1.165) is 25.3 Å². The van der Waals surface area contributed by atoms with Crippen molar-refractivity contribution in [3.8, 4) is 0 Å². The van der Waals surface area contributed by atoms with Gasteiger partial charge in [0.2, 0.25) is 0 Å². The Labute approximate surface area is 133 Å². The van der Waals surface area contributed by atoms with Gasteiger partial charge in [0.25, 0.3) is 0 Å². The van der Waals surface area contributed by atoms with Gasteiger partial charge in [0.05, 0.1) is 13.5 Å². The summed E-state index contributed by atoms with van der Waals surface area (Å²) in [4.78, 5) is 11.8. The number of hydrogen-bond acceptors (Lipinski definition) is 3. The minimum absolute atomic E-state index is 0.0187. The third-order valence-electron chi connectivity index (χ3n) is 5.41. The van der Waals surface area contributed by atoms with Gasteiger partial charge >= 0.3 is 5.97 Å². The summed E-state index contributed by atoms with van der Waals surface area (Å²) in [6, 6.07) is 10.8. The van der Waals surface area contributed by atoms with Crippen LogP contribution in [0.25, 0.3) is 0 Å². The highest BCUT2D eigenvalue weighted by Crippen LogP contribution is 2.47. The molecule has 1 aromatic carbocycles. The van der Waals surface area contributed by atoms with Gasteiger partial charge in [0, 0.05) is 5.54 Å². The Kier molecular flexibility index (Phi) is 4.82. The molecular formula is C19H27NO2. The van der Waals surface area contributed by atoms with Crippen molar-refractivity contribution in [1.82, 2.24) is 5.32 Å². The summed E-state index contributed by atoms with van der Waals surface area (Å²) in [7, 11) is 1.49. The SMILES string of the molecule is COC(=O)CC1(NC[C@@H]2C[C@H]2c2ccccc2)CCCCC1. The zero-order chi connectivity index (χ0) is 15.4. The fraction of sp³-hybridized carbons (Fsp3) is 0.632. The van der Waals surface area contributed by atoms with E-state index >= 15 is 0 Å². The highest BCUT2D eigenvalue weighted by molar-refractivity contribution is 5.70. The van der Waals surface area contributed by atoms with Crippen molar-refractivity contribution in [3.05, 3.63) is 35.9 Å². The molecule has 0 aromatic heterocycles. The molecule has 3 rings (SSSR count). The first-order valence-corrected chi connectivity index (χ1v) is 8.59. The summed E-state index contributed by atoms with van der Waals surface area (Å²) in [6.45, 7) is 1.02. The van der Waals surface area contributed by atoms with Crippen molar-refractivity contribution in [1.29, 1.82) is 0 Å². The van der Waals surface area contributed by atoms with Crippen LogP contribution < -0.4 is 5.32 Å². The minimum atomic E-state index is -0.0789. The molecule has 2 aliphatic carbocycles. The molecule has 0 bridgehead atoms. The smallest absolute Gasteiger partial charge is 0.307 e. The highest BCUT2D eigenvalue weighted by Gasteiger charge is 2.41. The van der Waals surface area contributed by atoms with E-state index in [1.54, 1.807) is 0 Å². The van der Waals surface area contributed by atoms with Crippen LogP contribution in [0.15, 0.2) is 30.3 Å². The Morgan fingerprint density at radius 1 is 1.23 bits per heavy atom. The molecule has 2 fully saturated rings. The summed E-state index contributed by atoms with van der Waals surface area (Å²) < 4.78 is 4.91. The van der Waals surface area contributed by atoms with Gasteiger partial charge < -0.3 is 10.1 Å². The quantitative estimate of drug-likeness (QED) is 0.815. The zero-order valence-corrected chi connectivity index (χ0v) is 13.5. The fourth-order valence-electron chi connectivity index (χ4n) is 3.92. The topological polar surface area (TPSA) is 38.3 Å². The van der Waals surface area contributed by atoms with Crippen molar-refractivity contribution >= 4 is 5.97 Å². The number of benzene rings is 1.